The number of methoxy groups -OCH3 is 1. The highest BCUT2D eigenvalue weighted by Crippen LogP contribution is 2.38. The van der Waals surface area contributed by atoms with Gasteiger partial charge in [-0.2, -0.15) is 0 Å². The van der Waals surface area contributed by atoms with E-state index in [1.165, 1.54) is 42.5 Å². The number of carbonyl (C=O) groups excluding carboxylic acids is 3. The number of amides is 2. The highest BCUT2D eigenvalue weighted by atomic mass is 35.5. The molecule has 63 heavy (non-hydrogen) atoms. The van der Waals surface area contributed by atoms with E-state index >= 15 is 0 Å². The van der Waals surface area contributed by atoms with Gasteiger partial charge in [-0.25, -0.2) is 4.79 Å². The Morgan fingerprint density at radius 3 is 1.44 bits per heavy atom. The molecule has 4 bridgehead atoms. The Labute approximate surface area is 386 Å². The van der Waals surface area contributed by atoms with Crippen molar-refractivity contribution in [3.63, 3.8) is 0 Å². The van der Waals surface area contributed by atoms with Crippen molar-refractivity contribution in [1.82, 2.24) is 20.4 Å². The lowest BCUT2D eigenvalue weighted by Crippen LogP contribution is -2.50. The zero-order valence-corrected chi connectivity index (χ0v) is 37.7. The molecule has 334 valence electrons. The number of rotatable bonds is 14. The number of nitrogens with one attached hydrogen (secondary N) is 2. The molecule has 4 aliphatic heterocycles. The summed E-state index contributed by atoms with van der Waals surface area (Å²) in [4.78, 5) is 52.5. The smallest absolute Gasteiger partial charge is 0.341 e. The Balaban J connectivity index is 0.000000189. The first-order chi connectivity index (χ1) is 30.3. The molecular formula is C46H49Cl4N5O8. The first-order valence-corrected chi connectivity index (χ1v) is 22.5. The van der Waals surface area contributed by atoms with Crippen LogP contribution in [-0.2, 0) is 27.4 Å². The van der Waals surface area contributed by atoms with E-state index in [0.717, 1.165) is 74.5 Å². The lowest BCUT2D eigenvalue weighted by atomic mass is 9.96. The largest absolute Gasteiger partial charge is 0.483 e. The number of nitro benzene ring substituents is 1. The summed E-state index contributed by atoms with van der Waals surface area (Å²) in [5.74, 6) is -0.740. The second kappa shape index (κ2) is 21.4. The van der Waals surface area contributed by atoms with Crippen LogP contribution in [0.5, 0.6) is 11.5 Å². The van der Waals surface area contributed by atoms with Crippen LogP contribution < -0.4 is 20.1 Å². The fraction of sp³-hybridized carbons (Fsp3) is 0.413. The van der Waals surface area contributed by atoms with Crippen LogP contribution in [0.2, 0.25) is 20.1 Å². The van der Waals surface area contributed by atoms with Crippen molar-refractivity contribution in [1.29, 1.82) is 0 Å². The highest BCUT2D eigenvalue weighted by Gasteiger charge is 2.42. The van der Waals surface area contributed by atoms with Gasteiger partial charge in [0.1, 0.15) is 11.3 Å². The first-order valence-electron chi connectivity index (χ1n) is 21.0. The lowest BCUT2D eigenvalue weighted by molar-refractivity contribution is -0.385. The van der Waals surface area contributed by atoms with Crippen LogP contribution in [0.15, 0.2) is 84.9 Å². The fourth-order valence-electron chi connectivity index (χ4n) is 9.38. The predicted molar refractivity (Wildman–Crippen MR) is 242 cm³/mol. The number of hydrogen-bond donors (Lipinski definition) is 2. The van der Waals surface area contributed by atoms with E-state index in [-0.39, 0.29) is 64.9 Å². The Morgan fingerprint density at radius 1 is 0.619 bits per heavy atom. The monoisotopic (exact) mass is 939 g/mol. The van der Waals surface area contributed by atoms with Gasteiger partial charge in [-0.05, 0) is 117 Å². The number of benzene rings is 4. The molecule has 2 amide bonds. The van der Waals surface area contributed by atoms with Crippen LogP contribution in [0.25, 0.3) is 0 Å². The molecule has 4 saturated heterocycles. The average molecular weight is 942 g/mol. The zero-order chi connectivity index (χ0) is 44.6. The van der Waals surface area contributed by atoms with Crippen LogP contribution in [0, 0.1) is 10.1 Å². The maximum Gasteiger partial charge on any atom is 0.341 e. The summed E-state index contributed by atoms with van der Waals surface area (Å²) >= 11 is 23.8. The number of carbonyl (C=O) groups is 3. The predicted octanol–water partition coefficient (Wildman–Crippen LogP) is 9.06. The van der Waals surface area contributed by atoms with Crippen molar-refractivity contribution < 1.29 is 33.5 Å². The van der Waals surface area contributed by atoms with Gasteiger partial charge >= 0.3 is 11.7 Å². The first kappa shape index (κ1) is 46.4. The molecule has 4 aromatic rings. The third kappa shape index (κ3) is 12.3. The van der Waals surface area contributed by atoms with Gasteiger partial charge in [-0.3, -0.25) is 29.5 Å². The van der Waals surface area contributed by atoms with E-state index < -0.39 is 10.9 Å². The lowest BCUT2D eigenvalue weighted by Gasteiger charge is -2.39. The molecule has 17 heteroatoms. The third-order valence-corrected chi connectivity index (χ3v) is 13.2. The van der Waals surface area contributed by atoms with Crippen molar-refractivity contribution >= 4 is 69.9 Å². The van der Waals surface area contributed by atoms with Gasteiger partial charge in [0.15, 0.2) is 19.0 Å². The Hall–Kier alpha value is -4.63. The molecule has 2 N–H and O–H groups in total. The van der Waals surface area contributed by atoms with E-state index in [1.54, 1.807) is 12.1 Å². The summed E-state index contributed by atoms with van der Waals surface area (Å²) in [6, 6.07) is 26.7. The summed E-state index contributed by atoms with van der Waals surface area (Å²) in [7, 11) is 1.29. The molecule has 0 spiro atoms. The van der Waals surface area contributed by atoms with Crippen molar-refractivity contribution in [2.45, 2.75) is 101 Å². The van der Waals surface area contributed by atoms with E-state index in [0.29, 0.717) is 29.2 Å². The molecule has 8 rings (SSSR count). The minimum absolute atomic E-state index is 0.0300. The minimum atomic E-state index is -0.576. The number of esters is 1. The number of piperidine rings is 2. The van der Waals surface area contributed by atoms with Gasteiger partial charge in [0.2, 0.25) is 0 Å². The SMILES string of the molecule is COC(=O)c1cc(Cl)ccc1OCC(=O)NC1C[C@H]2CC[C@@H](C1)N2Cc1ccc(Cl)cc1.O=C(COc1ccc(Cl)cc1[N+](=O)[O-])NC1C[C@H]2CC[C@@H](C1)N2Cc1ccc(Cl)cc1. The van der Waals surface area contributed by atoms with Gasteiger partial charge < -0.3 is 24.8 Å². The molecule has 0 saturated carbocycles. The number of ether oxygens (including phenoxy) is 3. The number of hydrogen-bond acceptors (Lipinski definition) is 10. The quantitative estimate of drug-likeness (QED) is 0.0712. The van der Waals surface area contributed by atoms with Gasteiger partial charge in [-0.1, -0.05) is 70.7 Å². The molecule has 0 radical (unpaired) electrons. The third-order valence-electron chi connectivity index (χ3n) is 12.2. The molecule has 4 heterocycles. The molecular weight excluding hydrogens is 892 g/mol. The highest BCUT2D eigenvalue weighted by molar-refractivity contribution is 6.31. The van der Waals surface area contributed by atoms with Gasteiger partial charge in [0.25, 0.3) is 11.8 Å². The second-order valence-electron chi connectivity index (χ2n) is 16.4. The topological polar surface area (TPSA) is 153 Å². The van der Waals surface area contributed by atoms with Crippen LogP contribution in [0.4, 0.5) is 5.69 Å². The van der Waals surface area contributed by atoms with Crippen LogP contribution >= 0.6 is 46.4 Å². The minimum Gasteiger partial charge on any atom is -0.483 e. The van der Waals surface area contributed by atoms with Crippen LogP contribution in [0.3, 0.4) is 0 Å². The van der Waals surface area contributed by atoms with E-state index in [1.807, 2.05) is 24.3 Å². The van der Waals surface area contributed by atoms with Crippen molar-refractivity contribution in [2.75, 3.05) is 20.3 Å². The molecule has 6 atom stereocenters. The molecule has 4 fully saturated rings. The summed E-state index contributed by atoms with van der Waals surface area (Å²) in [6.07, 6.45) is 8.15. The van der Waals surface area contributed by atoms with E-state index in [2.05, 4.69) is 44.7 Å². The molecule has 0 aromatic heterocycles. The Kier molecular flexibility index (Phi) is 15.7. The maximum atomic E-state index is 12.5. The Morgan fingerprint density at radius 2 is 1.02 bits per heavy atom. The summed E-state index contributed by atoms with van der Waals surface area (Å²) in [5.41, 5.74) is 2.43. The average Bonchev–Trinajstić information content (AvgIpc) is 3.63. The van der Waals surface area contributed by atoms with Crippen molar-refractivity contribution in [2.24, 2.45) is 0 Å². The summed E-state index contributed by atoms with van der Waals surface area (Å²) < 4.78 is 15.8. The summed E-state index contributed by atoms with van der Waals surface area (Å²) in [5, 5.41) is 19.4. The van der Waals surface area contributed by atoms with Gasteiger partial charge in [-0.15, -0.1) is 0 Å². The van der Waals surface area contributed by atoms with E-state index in [9.17, 15) is 24.5 Å². The molecule has 4 aromatic carbocycles. The second-order valence-corrected chi connectivity index (χ2v) is 18.2. The van der Waals surface area contributed by atoms with Gasteiger partial charge in [0, 0.05) is 75.5 Å². The number of fused-ring (bicyclic) bond motifs is 4. The molecule has 13 nitrogen and oxygen atoms in total. The van der Waals surface area contributed by atoms with Crippen molar-refractivity contribution in [3.05, 3.63) is 132 Å². The fourth-order valence-corrected chi connectivity index (χ4v) is 9.97. The molecule has 4 aliphatic rings. The number of nitrogens with zero attached hydrogens (tertiary/aromatic N) is 3. The normalized spacial score (nSPS) is 22.6. The Bertz CT molecular complexity index is 2240. The number of halogens is 4. The van der Waals surface area contributed by atoms with Crippen LogP contribution in [0.1, 0.15) is 72.9 Å². The molecule has 0 aliphatic carbocycles. The summed E-state index contributed by atoms with van der Waals surface area (Å²) in [6.45, 7) is 1.34. The molecule has 2 unspecified atom stereocenters. The number of nitro groups is 1. The maximum absolute atomic E-state index is 12.5. The van der Waals surface area contributed by atoms with Gasteiger partial charge in [0.05, 0.1) is 12.0 Å². The van der Waals surface area contributed by atoms with Crippen LogP contribution in [-0.4, -0.2) is 89.1 Å². The zero-order valence-electron chi connectivity index (χ0n) is 34.7. The van der Waals surface area contributed by atoms with E-state index in [4.69, 9.17) is 60.6 Å². The standard InChI is InChI=1S/C24H26Cl2N2O4.C22H23Cl2N3O4/c1-31-24(30)21-10-17(26)6-9-22(21)32-14-23(29)27-18-11-19-7-8-20(12-18)28(19)13-15-2-4-16(25)5-3-15;23-15-3-1-14(2-4-15)12-26-18-6-7-19(26)11-17(10-18)25-22(28)13-31-21-8-5-16(24)9-20(21)27(29)30/h2-6,9-10,18-20H,7-8,11-14H2,1H3,(H,27,29);1-5,8-9,17-19H,6-7,10-13H2,(H,25,28)/t18?,19-,20+;17?,18-,19+. The van der Waals surface area contributed by atoms with Crippen molar-refractivity contribution in [3.8, 4) is 11.5 Å².